The molecular weight excluding hydrogens is 426 g/mol. The van der Waals surface area contributed by atoms with Gasteiger partial charge in [-0.25, -0.2) is 22.4 Å². The van der Waals surface area contributed by atoms with Crippen LogP contribution >= 0.6 is 11.8 Å². The van der Waals surface area contributed by atoms with Crippen molar-refractivity contribution in [2.75, 3.05) is 26.1 Å². The van der Waals surface area contributed by atoms with Crippen LogP contribution in [0.5, 0.6) is 0 Å². The molecule has 0 amide bonds. The second kappa shape index (κ2) is 12.6. The monoisotopic (exact) mass is 451 g/mol. The fourth-order valence-electron chi connectivity index (χ4n) is 2.37. The minimum atomic E-state index is -2.14. The number of unbranched alkanes of at least 4 members (excludes halogenated alkanes) is 1. The molecule has 30 heavy (non-hydrogen) atoms. The van der Waals surface area contributed by atoms with E-state index in [4.69, 9.17) is 9.47 Å². The lowest BCUT2D eigenvalue weighted by atomic mass is 10.0. The van der Waals surface area contributed by atoms with E-state index in [1.165, 1.54) is 6.92 Å². The zero-order valence-corrected chi connectivity index (χ0v) is 18.1. The first-order valence-electron chi connectivity index (χ1n) is 9.36. The van der Waals surface area contributed by atoms with Crippen LogP contribution in [0.15, 0.2) is 16.7 Å². The Labute approximate surface area is 177 Å². The highest BCUT2D eigenvalue weighted by Crippen LogP contribution is 2.25. The van der Waals surface area contributed by atoms with E-state index in [-0.39, 0.29) is 30.4 Å². The number of thioether (sulfide) groups is 1. The number of carbonyl (C=O) groups excluding carboxylic acids is 2. The smallest absolute Gasteiger partial charge is 0.344 e. The van der Waals surface area contributed by atoms with Gasteiger partial charge in [0.05, 0.1) is 23.8 Å². The number of benzene rings is 1. The highest BCUT2D eigenvalue weighted by molar-refractivity contribution is 8.02. The Bertz CT molecular complexity index is 802. The summed E-state index contributed by atoms with van der Waals surface area (Å²) >= 11 is 0.952. The first-order chi connectivity index (χ1) is 14.2. The molecule has 168 valence electrons. The van der Waals surface area contributed by atoms with Gasteiger partial charge in [0.1, 0.15) is 5.57 Å². The standard InChI is InChI=1S/C20H25F4NO4S/c1-5-7-8-28-10-11(3)25-19(30-4)14(20(27)29-6-2)18(26)12-9-13(21)16(23)17(24)15(12)22/h9,11,25H,5-8,10H2,1-4H3/b19-14-/t11-/m0/s1. The van der Waals surface area contributed by atoms with Crippen LogP contribution in [0.25, 0.3) is 0 Å². The molecule has 10 heteroatoms. The molecule has 0 spiro atoms. The summed E-state index contributed by atoms with van der Waals surface area (Å²) in [6.45, 7) is 5.92. The lowest BCUT2D eigenvalue weighted by Gasteiger charge is -2.19. The van der Waals surface area contributed by atoms with Crippen LogP contribution in [0.3, 0.4) is 0 Å². The van der Waals surface area contributed by atoms with Crippen molar-refractivity contribution in [1.82, 2.24) is 5.32 Å². The molecule has 0 bridgehead atoms. The molecule has 0 fully saturated rings. The van der Waals surface area contributed by atoms with Crippen molar-refractivity contribution in [2.45, 2.75) is 39.7 Å². The second-order valence-corrected chi connectivity index (χ2v) is 7.10. The van der Waals surface area contributed by atoms with Gasteiger partial charge in [0, 0.05) is 12.6 Å². The first-order valence-corrected chi connectivity index (χ1v) is 10.6. The van der Waals surface area contributed by atoms with Gasteiger partial charge in [0.15, 0.2) is 23.3 Å². The molecule has 1 aromatic rings. The first kappa shape index (κ1) is 26.0. The van der Waals surface area contributed by atoms with E-state index >= 15 is 0 Å². The number of hydrogen-bond acceptors (Lipinski definition) is 6. The molecule has 0 radical (unpaired) electrons. The van der Waals surface area contributed by atoms with E-state index in [1.807, 2.05) is 6.92 Å². The summed E-state index contributed by atoms with van der Waals surface area (Å²) in [6, 6.07) is -0.141. The largest absolute Gasteiger partial charge is 0.462 e. The van der Waals surface area contributed by atoms with Gasteiger partial charge in [-0.2, -0.15) is 0 Å². The fourth-order valence-corrected chi connectivity index (χ4v) is 3.07. The number of rotatable bonds is 12. The highest BCUT2D eigenvalue weighted by Gasteiger charge is 2.31. The SMILES string of the molecule is CCCCOC[C@H](C)N/C(SC)=C(/C(=O)OCC)C(=O)c1cc(F)c(F)c(F)c1F. The predicted molar refractivity (Wildman–Crippen MR) is 106 cm³/mol. The minimum absolute atomic E-state index is 0.00887. The van der Waals surface area contributed by atoms with Gasteiger partial charge >= 0.3 is 5.97 Å². The van der Waals surface area contributed by atoms with Crippen molar-refractivity contribution in [3.05, 3.63) is 45.5 Å². The Morgan fingerprint density at radius 3 is 2.37 bits per heavy atom. The van der Waals surface area contributed by atoms with Crippen LogP contribution in [0.2, 0.25) is 0 Å². The number of halogens is 4. The topological polar surface area (TPSA) is 64.6 Å². The molecule has 1 aromatic carbocycles. The fraction of sp³-hybridized carbons (Fsp3) is 0.500. The summed E-state index contributed by atoms with van der Waals surface area (Å²) in [5, 5.41) is 2.91. The minimum Gasteiger partial charge on any atom is -0.462 e. The van der Waals surface area contributed by atoms with Gasteiger partial charge < -0.3 is 14.8 Å². The maximum absolute atomic E-state index is 14.1. The Kier molecular flexibility index (Phi) is 10.9. The van der Waals surface area contributed by atoms with Crippen molar-refractivity contribution in [2.24, 2.45) is 0 Å². The van der Waals surface area contributed by atoms with Crippen LogP contribution in [0.1, 0.15) is 44.0 Å². The number of ether oxygens (including phenoxy) is 2. The van der Waals surface area contributed by atoms with Crippen LogP contribution in [0, 0.1) is 23.3 Å². The number of carbonyl (C=O) groups is 2. The van der Waals surface area contributed by atoms with Gasteiger partial charge in [0.25, 0.3) is 0 Å². The van der Waals surface area contributed by atoms with Gasteiger partial charge in [-0.3, -0.25) is 4.79 Å². The number of esters is 1. The highest BCUT2D eigenvalue weighted by atomic mass is 32.2. The van der Waals surface area contributed by atoms with Crippen molar-refractivity contribution in [3.8, 4) is 0 Å². The third-order valence-electron chi connectivity index (χ3n) is 3.87. The van der Waals surface area contributed by atoms with Gasteiger partial charge in [-0.1, -0.05) is 13.3 Å². The average Bonchev–Trinajstić information content (AvgIpc) is 2.71. The van der Waals surface area contributed by atoms with Crippen LogP contribution in [-0.2, 0) is 14.3 Å². The Balaban J connectivity index is 3.33. The molecule has 0 heterocycles. The van der Waals surface area contributed by atoms with Crippen molar-refractivity contribution < 1.29 is 36.6 Å². The van der Waals surface area contributed by atoms with Gasteiger partial charge in [-0.15, -0.1) is 11.8 Å². The van der Waals surface area contributed by atoms with E-state index in [0.717, 1.165) is 24.6 Å². The van der Waals surface area contributed by atoms with Crippen LogP contribution in [-0.4, -0.2) is 43.9 Å². The molecule has 0 unspecified atom stereocenters. The summed E-state index contributed by atoms with van der Waals surface area (Å²) < 4.78 is 64.9. The maximum atomic E-state index is 14.1. The number of Topliss-reactive ketones (excluding diaryl/α,β-unsaturated/α-hetero) is 1. The molecule has 1 rings (SSSR count). The molecule has 1 N–H and O–H groups in total. The summed E-state index contributed by atoms with van der Waals surface area (Å²) in [5.74, 6) is -10.3. The summed E-state index contributed by atoms with van der Waals surface area (Å²) in [7, 11) is 0. The molecule has 0 saturated carbocycles. The summed E-state index contributed by atoms with van der Waals surface area (Å²) in [4.78, 5) is 25.3. The zero-order chi connectivity index (χ0) is 22.8. The van der Waals surface area contributed by atoms with Crippen LogP contribution in [0.4, 0.5) is 17.6 Å². The lowest BCUT2D eigenvalue weighted by Crippen LogP contribution is -2.32. The van der Waals surface area contributed by atoms with E-state index < -0.39 is 46.2 Å². The maximum Gasteiger partial charge on any atom is 0.344 e. The summed E-state index contributed by atoms with van der Waals surface area (Å²) in [6.07, 6.45) is 3.36. The number of hydrogen-bond donors (Lipinski definition) is 1. The Hall–Kier alpha value is -2.07. The Morgan fingerprint density at radius 2 is 1.80 bits per heavy atom. The van der Waals surface area contributed by atoms with Gasteiger partial charge in [-0.05, 0) is 32.6 Å². The van der Waals surface area contributed by atoms with Crippen molar-refractivity contribution in [3.63, 3.8) is 0 Å². The lowest BCUT2D eigenvalue weighted by molar-refractivity contribution is -0.138. The molecule has 0 aromatic heterocycles. The van der Waals surface area contributed by atoms with E-state index in [1.54, 1.807) is 13.2 Å². The number of ketones is 1. The Morgan fingerprint density at radius 1 is 1.13 bits per heavy atom. The molecular formula is C20H25F4NO4S. The molecule has 0 aliphatic rings. The average molecular weight is 451 g/mol. The molecule has 0 aliphatic heterocycles. The van der Waals surface area contributed by atoms with Crippen molar-refractivity contribution in [1.29, 1.82) is 0 Å². The molecule has 0 aliphatic carbocycles. The third kappa shape index (κ3) is 6.73. The van der Waals surface area contributed by atoms with Gasteiger partial charge in [0.2, 0.25) is 5.78 Å². The number of nitrogens with one attached hydrogen (secondary N) is 1. The quantitative estimate of drug-likeness (QED) is 0.0587. The van der Waals surface area contributed by atoms with E-state index in [0.29, 0.717) is 6.61 Å². The van der Waals surface area contributed by atoms with E-state index in [2.05, 4.69) is 5.32 Å². The third-order valence-corrected chi connectivity index (χ3v) is 4.60. The predicted octanol–water partition coefficient (Wildman–Crippen LogP) is 4.36. The molecule has 0 saturated heterocycles. The summed E-state index contributed by atoms with van der Waals surface area (Å²) in [5.41, 5.74) is -1.76. The second-order valence-electron chi connectivity index (χ2n) is 6.28. The molecule has 1 atom stereocenters. The van der Waals surface area contributed by atoms with E-state index in [9.17, 15) is 27.2 Å². The zero-order valence-electron chi connectivity index (χ0n) is 17.2. The normalized spacial score (nSPS) is 12.9. The van der Waals surface area contributed by atoms with Crippen molar-refractivity contribution >= 4 is 23.5 Å². The molecule has 5 nitrogen and oxygen atoms in total. The van der Waals surface area contributed by atoms with Crippen LogP contribution < -0.4 is 5.32 Å².